The fraction of sp³-hybridized carbons (Fsp3) is 0.231. The topological polar surface area (TPSA) is 60.5 Å². The molecule has 0 spiro atoms. The molecule has 1 aromatic carbocycles. The van der Waals surface area contributed by atoms with E-state index >= 15 is 0 Å². The second kappa shape index (κ2) is 6.65. The monoisotopic (exact) mass is 332 g/mol. The summed E-state index contributed by atoms with van der Waals surface area (Å²) in [6, 6.07) is 7.05. The number of ether oxygens (including phenoxy) is 2. The van der Waals surface area contributed by atoms with Crippen molar-refractivity contribution in [1.29, 1.82) is 0 Å². The molecular formula is C13H11F3N2O3S. The summed E-state index contributed by atoms with van der Waals surface area (Å²) >= 11 is 1.08. The van der Waals surface area contributed by atoms with Crippen LogP contribution in [0.15, 0.2) is 29.6 Å². The quantitative estimate of drug-likeness (QED) is 0.921. The molecule has 1 aromatic heterocycles. The zero-order valence-electron chi connectivity index (χ0n) is 11.3. The normalized spacial score (nSPS) is 11.1. The van der Waals surface area contributed by atoms with Gasteiger partial charge in [-0.3, -0.25) is 5.32 Å². The average Bonchev–Trinajstić information content (AvgIpc) is 2.93. The minimum Gasteiger partial charge on any atom is -0.497 e. The fourth-order valence-electron chi connectivity index (χ4n) is 1.50. The van der Waals surface area contributed by atoms with Crippen molar-refractivity contribution >= 4 is 22.6 Å². The van der Waals surface area contributed by atoms with Crippen LogP contribution in [0.5, 0.6) is 5.75 Å². The Bertz CT molecular complexity index is 641. The number of nitrogens with one attached hydrogen (secondary N) is 1. The maximum absolute atomic E-state index is 11.9. The van der Waals surface area contributed by atoms with E-state index in [2.05, 4.69) is 15.0 Å². The lowest BCUT2D eigenvalue weighted by Gasteiger charge is -2.07. The van der Waals surface area contributed by atoms with Crippen LogP contribution >= 0.6 is 11.3 Å². The molecule has 0 bridgehead atoms. The van der Waals surface area contributed by atoms with Crippen molar-refractivity contribution in [2.45, 2.75) is 6.18 Å². The van der Waals surface area contributed by atoms with Gasteiger partial charge in [-0.1, -0.05) is 0 Å². The summed E-state index contributed by atoms with van der Waals surface area (Å²) in [7, 11) is 1.55. The van der Waals surface area contributed by atoms with Crippen molar-refractivity contribution in [3.05, 3.63) is 29.6 Å². The van der Waals surface area contributed by atoms with Gasteiger partial charge in [0, 0.05) is 10.9 Å². The summed E-state index contributed by atoms with van der Waals surface area (Å²) in [5.41, 5.74) is 1.37. The Kier molecular flexibility index (Phi) is 4.86. The predicted octanol–water partition coefficient (Wildman–Crippen LogP) is 3.93. The van der Waals surface area contributed by atoms with Crippen molar-refractivity contribution in [3.63, 3.8) is 0 Å². The number of alkyl halides is 3. The first-order valence-corrected chi connectivity index (χ1v) is 6.86. The number of aromatic nitrogens is 1. The molecule has 1 heterocycles. The highest BCUT2D eigenvalue weighted by atomic mass is 32.1. The number of hydrogen-bond donors (Lipinski definition) is 1. The lowest BCUT2D eigenvalue weighted by atomic mass is 10.2. The molecule has 22 heavy (non-hydrogen) atoms. The lowest BCUT2D eigenvalue weighted by molar-refractivity contribution is -0.159. The first-order chi connectivity index (χ1) is 10.4. The van der Waals surface area contributed by atoms with E-state index in [9.17, 15) is 18.0 Å². The zero-order valence-corrected chi connectivity index (χ0v) is 12.1. The largest absolute Gasteiger partial charge is 0.497 e. The van der Waals surface area contributed by atoms with Gasteiger partial charge in [0.15, 0.2) is 11.7 Å². The van der Waals surface area contributed by atoms with Crippen LogP contribution in [-0.2, 0) is 4.74 Å². The van der Waals surface area contributed by atoms with Gasteiger partial charge >= 0.3 is 12.3 Å². The van der Waals surface area contributed by atoms with Crippen LogP contribution in [0.3, 0.4) is 0 Å². The van der Waals surface area contributed by atoms with E-state index in [0.29, 0.717) is 11.4 Å². The molecule has 0 saturated heterocycles. The third-order valence-corrected chi connectivity index (χ3v) is 3.22. The highest BCUT2D eigenvalue weighted by Gasteiger charge is 2.29. The van der Waals surface area contributed by atoms with Gasteiger partial charge < -0.3 is 9.47 Å². The van der Waals surface area contributed by atoms with E-state index in [-0.39, 0.29) is 5.13 Å². The number of halogens is 3. The number of methoxy groups -OCH3 is 1. The second-order valence-corrected chi connectivity index (χ2v) is 4.94. The van der Waals surface area contributed by atoms with E-state index in [1.165, 1.54) is 0 Å². The van der Waals surface area contributed by atoms with Crippen LogP contribution in [0.4, 0.5) is 23.1 Å². The number of thiazole rings is 1. The third-order valence-electron chi connectivity index (χ3n) is 2.47. The molecule has 0 aliphatic carbocycles. The molecule has 2 rings (SSSR count). The van der Waals surface area contributed by atoms with E-state index in [1.807, 2.05) is 0 Å². The Labute approximate surface area is 127 Å². The summed E-state index contributed by atoms with van der Waals surface area (Å²) < 4.78 is 44.8. The number of rotatable bonds is 4. The summed E-state index contributed by atoms with van der Waals surface area (Å²) in [6.45, 7) is -1.64. The first kappa shape index (κ1) is 16.1. The van der Waals surface area contributed by atoms with Crippen molar-refractivity contribution in [3.8, 4) is 17.0 Å². The van der Waals surface area contributed by atoms with Gasteiger partial charge in [-0.05, 0) is 24.3 Å². The molecule has 0 fully saturated rings. The molecule has 1 N–H and O–H groups in total. The maximum atomic E-state index is 11.9. The Morgan fingerprint density at radius 1 is 1.32 bits per heavy atom. The van der Waals surface area contributed by atoms with Crippen LogP contribution < -0.4 is 10.1 Å². The Balaban J connectivity index is 1.97. The van der Waals surface area contributed by atoms with Crippen LogP contribution in [0, 0.1) is 0 Å². The highest BCUT2D eigenvalue weighted by molar-refractivity contribution is 7.14. The van der Waals surface area contributed by atoms with Crippen molar-refractivity contribution < 1.29 is 27.4 Å². The number of carbonyl (C=O) groups is 1. The van der Waals surface area contributed by atoms with Gasteiger partial charge in [-0.25, -0.2) is 9.78 Å². The lowest BCUT2D eigenvalue weighted by Crippen LogP contribution is -2.23. The molecular weight excluding hydrogens is 321 g/mol. The van der Waals surface area contributed by atoms with Gasteiger partial charge in [-0.2, -0.15) is 13.2 Å². The van der Waals surface area contributed by atoms with E-state index in [0.717, 1.165) is 16.9 Å². The molecule has 5 nitrogen and oxygen atoms in total. The minimum absolute atomic E-state index is 0.151. The summed E-state index contributed by atoms with van der Waals surface area (Å²) in [5, 5.41) is 3.97. The van der Waals surface area contributed by atoms with E-state index in [4.69, 9.17) is 4.74 Å². The van der Waals surface area contributed by atoms with Crippen molar-refractivity contribution in [1.82, 2.24) is 4.98 Å². The summed E-state index contributed by atoms with van der Waals surface area (Å²) in [6.07, 6.45) is -5.76. The molecule has 0 aliphatic rings. The van der Waals surface area contributed by atoms with Gasteiger partial charge in [-0.15, -0.1) is 11.3 Å². The standard InChI is InChI=1S/C13H11F3N2O3S/c1-20-9-4-2-8(3-5-9)10-6-22-11(17-10)18-12(19)21-7-13(14,15)16/h2-6H,7H2,1H3,(H,17,18,19). The fourth-order valence-corrected chi connectivity index (χ4v) is 2.20. The van der Waals surface area contributed by atoms with Gasteiger partial charge in [0.25, 0.3) is 0 Å². The summed E-state index contributed by atoms with van der Waals surface area (Å²) in [4.78, 5) is 15.3. The van der Waals surface area contributed by atoms with Crippen LogP contribution in [-0.4, -0.2) is 31.0 Å². The summed E-state index contributed by atoms with van der Waals surface area (Å²) in [5.74, 6) is 0.688. The number of carbonyl (C=O) groups excluding carboxylic acids is 1. The van der Waals surface area contributed by atoms with Crippen molar-refractivity contribution in [2.24, 2.45) is 0 Å². The Morgan fingerprint density at radius 2 is 2.00 bits per heavy atom. The maximum Gasteiger partial charge on any atom is 0.422 e. The van der Waals surface area contributed by atoms with Crippen LogP contribution in [0.1, 0.15) is 0 Å². The predicted molar refractivity (Wildman–Crippen MR) is 75.1 cm³/mol. The molecule has 0 unspecified atom stereocenters. The number of amides is 1. The Morgan fingerprint density at radius 3 is 2.59 bits per heavy atom. The minimum atomic E-state index is -4.56. The number of anilines is 1. The van der Waals surface area contributed by atoms with E-state index < -0.39 is 18.9 Å². The highest BCUT2D eigenvalue weighted by Crippen LogP contribution is 2.26. The van der Waals surface area contributed by atoms with Gasteiger partial charge in [0.05, 0.1) is 12.8 Å². The van der Waals surface area contributed by atoms with Crippen LogP contribution in [0.25, 0.3) is 11.3 Å². The van der Waals surface area contributed by atoms with Gasteiger partial charge in [0.2, 0.25) is 0 Å². The zero-order chi connectivity index (χ0) is 16.2. The van der Waals surface area contributed by atoms with Crippen LogP contribution in [0.2, 0.25) is 0 Å². The molecule has 0 aliphatic heterocycles. The smallest absolute Gasteiger partial charge is 0.422 e. The van der Waals surface area contributed by atoms with Crippen molar-refractivity contribution in [2.75, 3.05) is 19.0 Å². The molecule has 118 valence electrons. The van der Waals surface area contributed by atoms with Gasteiger partial charge in [0.1, 0.15) is 5.75 Å². The molecule has 0 atom stereocenters. The molecule has 2 aromatic rings. The SMILES string of the molecule is COc1ccc(-c2csc(NC(=O)OCC(F)(F)F)n2)cc1. The average molecular weight is 332 g/mol. The molecule has 1 amide bonds. The molecule has 9 heteroatoms. The molecule has 0 saturated carbocycles. The van der Waals surface area contributed by atoms with E-state index in [1.54, 1.807) is 36.8 Å². The number of hydrogen-bond acceptors (Lipinski definition) is 5. The first-order valence-electron chi connectivity index (χ1n) is 5.98. The third kappa shape index (κ3) is 4.62. The number of benzene rings is 1. The number of nitrogens with zero attached hydrogens (tertiary/aromatic N) is 1. The molecule has 0 radical (unpaired) electrons. The second-order valence-electron chi connectivity index (χ2n) is 4.08. The Hall–Kier alpha value is -2.29.